The topological polar surface area (TPSA) is 60.0 Å². The predicted octanol–water partition coefficient (Wildman–Crippen LogP) is 5.33. The van der Waals surface area contributed by atoms with Gasteiger partial charge in [0.25, 0.3) is 5.91 Å². The van der Waals surface area contributed by atoms with Crippen molar-refractivity contribution in [3.05, 3.63) is 81.8 Å². The molecule has 0 aliphatic carbocycles. The Balaban J connectivity index is 1.69. The molecule has 0 fully saturated rings. The fraction of sp³-hybridized carbons (Fsp3) is 0.269. The Hall–Kier alpha value is -3.19. The van der Waals surface area contributed by atoms with Crippen molar-refractivity contribution in [3.8, 4) is 17.2 Å². The van der Waals surface area contributed by atoms with Gasteiger partial charge in [-0.3, -0.25) is 4.79 Å². The third kappa shape index (κ3) is 4.93. The van der Waals surface area contributed by atoms with E-state index in [4.69, 9.17) is 14.2 Å². The second kappa shape index (κ2) is 10.2. The van der Waals surface area contributed by atoms with Crippen LogP contribution < -0.4 is 19.5 Å². The van der Waals surface area contributed by atoms with Gasteiger partial charge in [-0.25, -0.2) is 0 Å². The van der Waals surface area contributed by atoms with E-state index in [0.29, 0.717) is 30.2 Å². The zero-order valence-electron chi connectivity index (χ0n) is 18.9. The van der Waals surface area contributed by atoms with Crippen LogP contribution >= 0.6 is 15.9 Å². The van der Waals surface area contributed by atoms with E-state index in [-0.39, 0.29) is 11.9 Å². The fourth-order valence-electron chi connectivity index (χ4n) is 4.13. The fourth-order valence-corrected chi connectivity index (χ4v) is 4.53. The van der Waals surface area contributed by atoms with Crippen LogP contribution in [0, 0.1) is 0 Å². The molecule has 4 rings (SSSR count). The van der Waals surface area contributed by atoms with E-state index in [0.717, 1.165) is 33.5 Å². The van der Waals surface area contributed by atoms with Gasteiger partial charge in [-0.1, -0.05) is 22.0 Å². The highest BCUT2D eigenvalue weighted by Crippen LogP contribution is 2.39. The molecule has 1 atom stereocenters. The van der Waals surface area contributed by atoms with Crippen LogP contribution in [-0.4, -0.2) is 45.2 Å². The lowest BCUT2D eigenvalue weighted by atomic mass is 9.91. The molecule has 172 valence electrons. The van der Waals surface area contributed by atoms with Gasteiger partial charge in [0.15, 0.2) is 11.5 Å². The number of hydrogen-bond acceptors (Lipinski definition) is 5. The molecule has 0 bridgehead atoms. The highest BCUT2D eigenvalue weighted by atomic mass is 79.9. The molecule has 1 N–H and O–H groups in total. The number of methoxy groups -OCH3 is 2. The first kappa shape index (κ1) is 23.0. The van der Waals surface area contributed by atoms with Crippen molar-refractivity contribution in [2.24, 2.45) is 0 Å². The minimum Gasteiger partial charge on any atom is -0.493 e. The Bertz CT molecular complexity index is 1130. The summed E-state index contributed by atoms with van der Waals surface area (Å²) >= 11 is 3.47. The molecule has 33 heavy (non-hydrogen) atoms. The van der Waals surface area contributed by atoms with Gasteiger partial charge in [-0.05, 0) is 72.1 Å². The van der Waals surface area contributed by atoms with E-state index >= 15 is 0 Å². The van der Waals surface area contributed by atoms with E-state index in [1.54, 1.807) is 14.2 Å². The van der Waals surface area contributed by atoms with Crippen LogP contribution in [0.1, 0.15) is 27.5 Å². The highest BCUT2D eigenvalue weighted by Gasteiger charge is 2.33. The maximum absolute atomic E-state index is 13.5. The number of nitrogens with one attached hydrogen (secondary N) is 1. The molecule has 0 spiro atoms. The third-order valence-electron chi connectivity index (χ3n) is 5.89. The Kier molecular flexibility index (Phi) is 7.08. The molecule has 3 aromatic carbocycles. The summed E-state index contributed by atoms with van der Waals surface area (Å²) in [5.74, 6) is 2.04. The predicted molar refractivity (Wildman–Crippen MR) is 133 cm³/mol. The molecule has 1 unspecified atom stereocenters. The van der Waals surface area contributed by atoms with E-state index in [1.165, 1.54) is 0 Å². The number of halogens is 1. The molecular weight excluding hydrogens is 484 g/mol. The number of nitrogens with zero attached hydrogens (tertiary/aromatic N) is 1. The minimum absolute atomic E-state index is 0.0316. The molecule has 0 saturated carbocycles. The maximum atomic E-state index is 13.5. The minimum atomic E-state index is -0.274. The number of benzene rings is 3. The molecule has 0 radical (unpaired) electrons. The van der Waals surface area contributed by atoms with Crippen molar-refractivity contribution < 1.29 is 19.0 Å². The Morgan fingerprint density at radius 2 is 1.79 bits per heavy atom. The van der Waals surface area contributed by atoms with Crippen LogP contribution in [0.25, 0.3) is 0 Å². The first-order valence-corrected chi connectivity index (χ1v) is 11.5. The average Bonchev–Trinajstić information content (AvgIpc) is 2.86. The first-order valence-electron chi connectivity index (χ1n) is 10.8. The first-order chi connectivity index (χ1) is 16.0. The van der Waals surface area contributed by atoms with Crippen LogP contribution in [0.15, 0.2) is 65.1 Å². The van der Waals surface area contributed by atoms with Crippen molar-refractivity contribution in [2.45, 2.75) is 12.5 Å². The van der Waals surface area contributed by atoms with E-state index in [9.17, 15) is 4.79 Å². The van der Waals surface area contributed by atoms with Crippen LogP contribution in [0.4, 0.5) is 5.69 Å². The van der Waals surface area contributed by atoms with Gasteiger partial charge < -0.3 is 24.4 Å². The normalized spacial score (nSPS) is 14.9. The van der Waals surface area contributed by atoms with Crippen molar-refractivity contribution in [1.29, 1.82) is 0 Å². The van der Waals surface area contributed by atoms with Crippen LogP contribution in [-0.2, 0) is 6.42 Å². The lowest BCUT2D eigenvalue weighted by Gasteiger charge is -2.37. The SMILES string of the molecule is CNc1ccc(OCC2c3cc(OC)c(OC)cc3CCN2C(=O)c2cccc(Br)c2)cc1. The van der Waals surface area contributed by atoms with Crippen molar-refractivity contribution in [1.82, 2.24) is 4.90 Å². The Morgan fingerprint density at radius 1 is 1.06 bits per heavy atom. The van der Waals surface area contributed by atoms with Crippen LogP contribution in [0.5, 0.6) is 17.2 Å². The third-order valence-corrected chi connectivity index (χ3v) is 6.38. The number of fused-ring (bicyclic) bond motifs is 1. The summed E-state index contributed by atoms with van der Waals surface area (Å²) in [5, 5.41) is 3.10. The second-order valence-electron chi connectivity index (χ2n) is 7.77. The summed E-state index contributed by atoms with van der Waals surface area (Å²) in [7, 11) is 5.12. The molecular formula is C26H27BrN2O4. The number of anilines is 1. The standard InChI is InChI=1S/C26H27BrN2O4/c1-28-20-7-9-21(10-8-20)33-16-23-22-15-25(32-3)24(31-2)14-17(22)11-12-29(23)26(30)18-5-4-6-19(27)13-18/h4-10,13-15,23,28H,11-12,16H2,1-3H3. The van der Waals surface area contributed by atoms with Gasteiger partial charge in [0, 0.05) is 29.3 Å². The molecule has 3 aromatic rings. The van der Waals surface area contributed by atoms with Crippen molar-refractivity contribution >= 4 is 27.5 Å². The molecule has 1 amide bonds. The summed E-state index contributed by atoms with van der Waals surface area (Å²) in [5.41, 5.74) is 3.78. The average molecular weight is 511 g/mol. The monoisotopic (exact) mass is 510 g/mol. The number of amides is 1. The smallest absolute Gasteiger partial charge is 0.254 e. The van der Waals surface area contributed by atoms with Gasteiger partial charge in [-0.2, -0.15) is 0 Å². The van der Waals surface area contributed by atoms with Crippen molar-refractivity contribution in [2.75, 3.05) is 39.7 Å². The zero-order valence-corrected chi connectivity index (χ0v) is 20.5. The van der Waals surface area contributed by atoms with Gasteiger partial charge in [-0.15, -0.1) is 0 Å². The second-order valence-corrected chi connectivity index (χ2v) is 8.68. The molecule has 6 nitrogen and oxygen atoms in total. The number of carbonyl (C=O) groups excluding carboxylic acids is 1. The Labute approximate surface area is 202 Å². The maximum Gasteiger partial charge on any atom is 0.254 e. The molecule has 0 saturated heterocycles. The number of carbonyl (C=O) groups is 1. The van der Waals surface area contributed by atoms with Gasteiger partial charge in [0.2, 0.25) is 0 Å². The van der Waals surface area contributed by atoms with E-state index < -0.39 is 0 Å². The van der Waals surface area contributed by atoms with E-state index in [2.05, 4.69) is 21.2 Å². The van der Waals surface area contributed by atoms with Crippen LogP contribution in [0.3, 0.4) is 0 Å². The summed E-state index contributed by atoms with van der Waals surface area (Å²) in [6.07, 6.45) is 0.725. The lowest BCUT2D eigenvalue weighted by Crippen LogP contribution is -2.42. The molecule has 1 aliphatic heterocycles. The quantitative estimate of drug-likeness (QED) is 0.465. The number of ether oxygens (including phenoxy) is 3. The van der Waals surface area contributed by atoms with Gasteiger partial charge >= 0.3 is 0 Å². The largest absolute Gasteiger partial charge is 0.493 e. The van der Waals surface area contributed by atoms with Gasteiger partial charge in [0.1, 0.15) is 12.4 Å². The zero-order chi connectivity index (χ0) is 23.4. The number of hydrogen-bond donors (Lipinski definition) is 1. The highest BCUT2D eigenvalue weighted by molar-refractivity contribution is 9.10. The van der Waals surface area contributed by atoms with Crippen molar-refractivity contribution in [3.63, 3.8) is 0 Å². The Morgan fingerprint density at radius 3 is 2.45 bits per heavy atom. The summed E-state index contributed by atoms with van der Waals surface area (Å²) in [6.45, 7) is 0.904. The van der Waals surface area contributed by atoms with Gasteiger partial charge in [0.05, 0.1) is 20.3 Å². The summed E-state index contributed by atoms with van der Waals surface area (Å²) < 4.78 is 18.1. The summed E-state index contributed by atoms with van der Waals surface area (Å²) in [4.78, 5) is 15.4. The molecule has 1 heterocycles. The molecule has 1 aliphatic rings. The van der Waals surface area contributed by atoms with Crippen LogP contribution in [0.2, 0.25) is 0 Å². The summed E-state index contributed by atoms with van der Waals surface area (Å²) in [6, 6.07) is 18.9. The molecule has 0 aromatic heterocycles. The number of rotatable bonds is 7. The lowest BCUT2D eigenvalue weighted by molar-refractivity contribution is 0.0589. The molecule has 7 heteroatoms. The van der Waals surface area contributed by atoms with E-state index in [1.807, 2.05) is 72.6 Å².